The van der Waals surface area contributed by atoms with E-state index in [1.165, 1.54) is 7.11 Å². The van der Waals surface area contributed by atoms with Crippen LogP contribution < -0.4 is 29.3 Å². The molecule has 0 saturated carbocycles. The quantitative estimate of drug-likeness (QED) is 0.256. The van der Waals surface area contributed by atoms with Gasteiger partial charge in [-0.2, -0.15) is 9.89 Å². The molecule has 0 spiro atoms. The highest BCUT2D eigenvalue weighted by molar-refractivity contribution is 6.21. The molecule has 23 heavy (non-hydrogen) atoms. The normalized spacial score (nSPS) is 36.2. The second-order valence-corrected chi connectivity index (χ2v) is 5.34. The number of nitrogens with one attached hydrogen (secondary N) is 2. The first-order valence-electron chi connectivity index (χ1n) is 6.78. The average Bonchev–Trinajstić information content (AvgIpc) is 2.96. The maximum Gasteiger partial charge on any atom is 0.282 e. The van der Waals surface area contributed by atoms with E-state index in [2.05, 4.69) is 10.3 Å². The number of rotatable bonds is 3. The molecule has 0 aromatic heterocycles. The molecule has 3 rings (SSSR count). The van der Waals surface area contributed by atoms with Gasteiger partial charge in [0.1, 0.15) is 12.2 Å². The van der Waals surface area contributed by atoms with E-state index in [0.29, 0.717) is 5.84 Å². The standard InChI is InChI=1S/C12H17N5O5.HI/c1-16-4-17(9-6(16)10(20)15-12(13)14-9)11-8(21-2)7(19)5(3-18)22-11;/h4-8,11,18-19H,3H2,1-2H3,(H-,13,15,20);1H. The van der Waals surface area contributed by atoms with Gasteiger partial charge in [-0.25, -0.2) is 4.58 Å². The Labute approximate surface area is 149 Å². The van der Waals surface area contributed by atoms with E-state index >= 15 is 0 Å². The Balaban J connectivity index is 0.00000192. The number of fused-ring (bicyclic) bond motifs is 1. The molecule has 5 unspecified atom stereocenters. The first-order chi connectivity index (χ1) is 10.5. The fourth-order valence-electron chi connectivity index (χ4n) is 2.94. The number of amidine groups is 1. The molecule has 11 heteroatoms. The molecular formula is C12H18IN5O5. The van der Waals surface area contributed by atoms with Gasteiger partial charge in [0, 0.05) is 7.11 Å². The molecule has 5 atom stereocenters. The minimum Gasteiger partial charge on any atom is -1.00 e. The number of halogens is 1. The van der Waals surface area contributed by atoms with Crippen LogP contribution in [0.5, 0.6) is 0 Å². The Bertz CT molecular complexity index is 582. The third-order valence-electron chi connectivity index (χ3n) is 3.98. The van der Waals surface area contributed by atoms with Crippen molar-refractivity contribution < 1.29 is 53.0 Å². The number of likely N-dealkylation sites (N-methyl/N-ethyl adjacent to an activating group) is 1. The largest absolute Gasteiger partial charge is 1.00 e. The van der Waals surface area contributed by atoms with Gasteiger partial charge in [-0.3, -0.25) is 15.5 Å². The molecule has 3 heterocycles. The van der Waals surface area contributed by atoms with Crippen LogP contribution in [-0.2, 0) is 14.3 Å². The molecule has 1 amide bonds. The van der Waals surface area contributed by atoms with Gasteiger partial charge in [-0.1, -0.05) is 0 Å². The Morgan fingerprint density at radius 3 is 2.91 bits per heavy atom. The van der Waals surface area contributed by atoms with Gasteiger partial charge in [0.15, 0.2) is 6.10 Å². The number of nitrogens with zero attached hydrogens (tertiary/aromatic N) is 3. The van der Waals surface area contributed by atoms with Crippen molar-refractivity contribution in [3.63, 3.8) is 0 Å². The van der Waals surface area contributed by atoms with E-state index in [9.17, 15) is 15.0 Å². The molecule has 10 nitrogen and oxygen atoms in total. The maximum absolute atomic E-state index is 12.0. The highest BCUT2D eigenvalue weighted by Crippen LogP contribution is 2.28. The van der Waals surface area contributed by atoms with Crippen LogP contribution in [0.3, 0.4) is 0 Å². The zero-order chi connectivity index (χ0) is 16.0. The molecule has 4 N–H and O–H groups in total. The minimum absolute atomic E-state index is 0. The lowest BCUT2D eigenvalue weighted by atomic mass is 10.1. The molecule has 1 saturated heterocycles. The molecule has 0 bridgehead atoms. The average molecular weight is 439 g/mol. The Morgan fingerprint density at radius 2 is 2.30 bits per heavy atom. The zero-order valence-corrected chi connectivity index (χ0v) is 14.7. The second kappa shape index (κ2) is 6.76. The number of methoxy groups -OCH3 is 1. The Morgan fingerprint density at radius 1 is 1.61 bits per heavy atom. The van der Waals surface area contributed by atoms with Crippen molar-refractivity contribution in [2.75, 3.05) is 20.8 Å². The monoisotopic (exact) mass is 439 g/mol. The van der Waals surface area contributed by atoms with E-state index in [0.717, 1.165) is 0 Å². The van der Waals surface area contributed by atoms with Gasteiger partial charge in [-0.05, 0) is 0 Å². The van der Waals surface area contributed by atoms with Crippen molar-refractivity contribution in [2.45, 2.75) is 30.6 Å². The number of guanidine groups is 1. The summed E-state index contributed by atoms with van der Waals surface area (Å²) in [4.78, 5) is 17.6. The summed E-state index contributed by atoms with van der Waals surface area (Å²) in [7, 11) is 3.13. The van der Waals surface area contributed by atoms with Crippen LogP contribution in [0.25, 0.3) is 0 Å². The van der Waals surface area contributed by atoms with Crippen LogP contribution in [0.2, 0.25) is 0 Å². The number of hydrogen-bond acceptors (Lipinski definition) is 7. The van der Waals surface area contributed by atoms with Gasteiger partial charge >= 0.3 is 0 Å². The minimum atomic E-state index is -1.00. The third kappa shape index (κ3) is 2.87. The van der Waals surface area contributed by atoms with Crippen LogP contribution >= 0.6 is 0 Å². The van der Waals surface area contributed by atoms with Crippen LogP contribution in [-0.4, -0.2) is 95.1 Å². The van der Waals surface area contributed by atoms with Crippen molar-refractivity contribution in [2.24, 2.45) is 4.99 Å². The summed E-state index contributed by atoms with van der Waals surface area (Å²) < 4.78 is 12.5. The number of aliphatic imine (C=N–C) groups is 1. The van der Waals surface area contributed by atoms with Crippen molar-refractivity contribution >= 4 is 24.0 Å². The molecule has 3 aliphatic rings. The molecule has 1 fully saturated rings. The lowest BCUT2D eigenvalue weighted by Gasteiger charge is -2.23. The fraction of sp³-hybridized carbons (Fsp3) is 0.667. The lowest BCUT2D eigenvalue weighted by molar-refractivity contribution is -0.498. The van der Waals surface area contributed by atoms with Gasteiger partial charge in [-0.15, -0.1) is 0 Å². The van der Waals surface area contributed by atoms with E-state index < -0.39 is 30.6 Å². The number of hydrogen-bond donors (Lipinski definition) is 4. The lowest BCUT2D eigenvalue weighted by Crippen LogP contribution is -3.00. The summed E-state index contributed by atoms with van der Waals surface area (Å²) in [5, 5.41) is 29.3. The zero-order valence-electron chi connectivity index (χ0n) is 12.5. The van der Waals surface area contributed by atoms with Crippen molar-refractivity contribution in [1.29, 1.82) is 5.41 Å². The Hall–Kier alpha value is -1.15. The smallest absolute Gasteiger partial charge is 0.282 e. The third-order valence-corrected chi connectivity index (χ3v) is 3.98. The predicted molar refractivity (Wildman–Crippen MR) is 73.7 cm³/mol. The van der Waals surface area contributed by atoms with E-state index in [1.807, 2.05) is 0 Å². The summed E-state index contributed by atoms with van der Waals surface area (Å²) in [6.45, 7) is -0.354. The van der Waals surface area contributed by atoms with Crippen molar-refractivity contribution in [3.05, 3.63) is 0 Å². The number of amides is 1. The van der Waals surface area contributed by atoms with Crippen molar-refractivity contribution in [3.8, 4) is 0 Å². The molecule has 0 radical (unpaired) electrons. The summed E-state index contributed by atoms with van der Waals surface area (Å²) >= 11 is 0. The number of carbonyl (C=O) groups excluding carboxylic acids is 1. The number of aliphatic hydroxyl groups is 2. The molecule has 0 aromatic rings. The fourth-order valence-corrected chi connectivity index (χ4v) is 2.94. The first kappa shape index (κ1) is 18.2. The highest BCUT2D eigenvalue weighted by Gasteiger charge is 2.56. The predicted octanol–water partition coefficient (Wildman–Crippen LogP) is -6.10. The van der Waals surface area contributed by atoms with Crippen LogP contribution in [0, 0.1) is 5.41 Å². The summed E-state index contributed by atoms with van der Waals surface area (Å²) in [5.74, 6) is -0.285. The summed E-state index contributed by atoms with van der Waals surface area (Å²) in [6.07, 6.45) is -1.64. The summed E-state index contributed by atoms with van der Waals surface area (Å²) in [6, 6.07) is -0.666. The molecular weight excluding hydrogens is 421 g/mol. The van der Waals surface area contributed by atoms with Gasteiger partial charge < -0.3 is 43.7 Å². The first-order valence-corrected chi connectivity index (χ1v) is 6.78. The topological polar surface area (TPSA) is 130 Å². The van der Waals surface area contributed by atoms with Gasteiger partial charge in [0.25, 0.3) is 17.8 Å². The maximum atomic E-state index is 12.0. The van der Waals surface area contributed by atoms with Gasteiger partial charge in [0.05, 0.1) is 13.7 Å². The van der Waals surface area contributed by atoms with Gasteiger partial charge in [0.2, 0.25) is 18.5 Å². The van der Waals surface area contributed by atoms with E-state index in [1.54, 1.807) is 22.9 Å². The highest BCUT2D eigenvalue weighted by atomic mass is 127. The number of aliphatic hydroxyl groups excluding tert-OH is 2. The van der Waals surface area contributed by atoms with Crippen LogP contribution in [0.4, 0.5) is 0 Å². The van der Waals surface area contributed by atoms with Crippen LogP contribution in [0.15, 0.2) is 4.99 Å². The van der Waals surface area contributed by atoms with Crippen molar-refractivity contribution in [1.82, 2.24) is 10.2 Å². The Kier molecular flexibility index (Phi) is 5.35. The van der Waals surface area contributed by atoms with E-state index in [-0.39, 0.29) is 42.5 Å². The van der Waals surface area contributed by atoms with E-state index in [4.69, 9.17) is 14.9 Å². The summed E-state index contributed by atoms with van der Waals surface area (Å²) in [5.41, 5.74) is 0. The SMILES string of the molecule is COC1C(O)C(CO)OC1N1C=[N+](C)C2C(=O)NC(=N)N=C21.[I-]. The molecule has 128 valence electrons. The molecule has 0 aromatic carbocycles. The number of carbonyl (C=O) groups is 1. The van der Waals surface area contributed by atoms with Crippen LogP contribution in [0.1, 0.15) is 0 Å². The number of ether oxygens (including phenoxy) is 2. The molecule has 0 aliphatic carbocycles. The second-order valence-electron chi connectivity index (χ2n) is 5.34. The molecule has 3 aliphatic heterocycles.